The predicted octanol–water partition coefficient (Wildman–Crippen LogP) is 3.46. The summed E-state index contributed by atoms with van der Waals surface area (Å²) in [5.41, 5.74) is 1.09. The average molecular weight is 479 g/mol. The van der Waals surface area contributed by atoms with Crippen molar-refractivity contribution in [3.63, 3.8) is 0 Å². The van der Waals surface area contributed by atoms with Gasteiger partial charge < -0.3 is 15.5 Å². The minimum Gasteiger partial charge on any atom is -0.355 e. The molecule has 31 heavy (non-hydrogen) atoms. The molecule has 1 fully saturated rings. The van der Waals surface area contributed by atoms with Crippen LogP contribution < -0.4 is 15.5 Å². The van der Waals surface area contributed by atoms with E-state index < -0.39 is 6.04 Å². The smallest absolute Gasteiger partial charge is 0.256 e. The minimum absolute atomic E-state index is 0.112. The van der Waals surface area contributed by atoms with Crippen LogP contribution in [0.4, 0.5) is 11.4 Å². The second kappa shape index (κ2) is 10.1. The van der Waals surface area contributed by atoms with Gasteiger partial charge >= 0.3 is 0 Å². The van der Waals surface area contributed by atoms with Crippen molar-refractivity contribution in [1.82, 2.24) is 10.2 Å². The van der Waals surface area contributed by atoms with Crippen molar-refractivity contribution < 1.29 is 14.4 Å². The molecule has 7 nitrogen and oxygen atoms in total. The SMILES string of the molecule is CC(=O)NCCN1C(=S)N(c2cccc(Cl)c2)C(=O)[C@H]1CC(=O)Nc1ccc(Cl)cc1. The number of nitrogens with zero attached hydrogens (tertiary/aromatic N) is 2. The van der Waals surface area contributed by atoms with Crippen molar-refractivity contribution in [3.05, 3.63) is 58.6 Å². The van der Waals surface area contributed by atoms with Crippen molar-refractivity contribution in [3.8, 4) is 0 Å². The fourth-order valence-corrected chi connectivity index (χ4v) is 3.94. The number of carbonyl (C=O) groups excluding carboxylic acids is 3. The maximum absolute atomic E-state index is 13.2. The van der Waals surface area contributed by atoms with Gasteiger partial charge in [0.1, 0.15) is 6.04 Å². The molecule has 1 aliphatic heterocycles. The largest absolute Gasteiger partial charge is 0.355 e. The Hall–Kier alpha value is -2.68. The highest BCUT2D eigenvalue weighted by atomic mass is 35.5. The number of hydrogen-bond donors (Lipinski definition) is 2. The van der Waals surface area contributed by atoms with Crippen LogP contribution >= 0.6 is 35.4 Å². The fourth-order valence-electron chi connectivity index (χ4n) is 3.21. The Labute approximate surface area is 195 Å². The van der Waals surface area contributed by atoms with E-state index in [0.717, 1.165) is 0 Å². The molecule has 3 rings (SSSR count). The Kier molecular flexibility index (Phi) is 7.48. The molecule has 1 atom stereocenters. The predicted molar refractivity (Wildman–Crippen MR) is 125 cm³/mol. The molecule has 2 aromatic carbocycles. The summed E-state index contributed by atoms with van der Waals surface area (Å²) < 4.78 is 0. The van der Waals surface area contributed by atoms with Crippen molar-refractivity contribution >= 4 is 69.6 Å². The average Bonchev–Trinajstić information content (AvgIpc) is 2.93. The maximum atomic E-state index is 13.2. The number of hydrogen-bond acceptors (Lipinski definition) is 4. The summed E-state index contributed by atoms with van der Waals surface area (Å²) >= 11 is 17.5. The van der Waals surface area contributed by atoms with E-state index in [-0.39, 0.29) is 42.3 Å². The van der Waals surface area contributed by atoms with Crippen LogP contribution in [0, 0.1) is 0 Å². The monoisotopic (exact) mass is 478 g/mol. The van der Waals surface area contributed by atoms with E-state index in [4.69, 9.17) is 35.4 Å². The van der Waals surface area contributed by atoms with Gasteiger partial charge in [-0.3, -0.25) is 19.3 Å². The number of nitrogens with one attached hydrogen (secondary N) is 2. The van der Waals surface area contributed by atoms with E-state index in [1.165, 1.54) is 11.8 Å². The number of thiocarbonyl (C=S) groups is 1. The Morgan fingerprint density at radius 3 is 2.45 bits per heavy atom. The lowest BCUT2D eigenvalue weighted by Crippen LogP contribution is -2.42. The van der Waals surface area contributed by atoms with Crippen LogP contribution in [0.15, 0.2) is 48.5 Å². The summed E-state index contributed by atoms with van der Waals surface area (Å²) in [6.07, 6.45) is -0.112. The van der Waals surface area contributed by atoms with Gasteiger partial charge in [0.2, 0.25) is 11.8 Å². The van der Waals surface area contributed by atoms with Gasteiger partial charge in [0.05, 0.1) is 12.1 Å². The summed E-state index contributed by atoms with van der Waals surface area (Å²) in [7, 11) is 0. The normalized spacial score (nSPS) is 15.9. The summed E-state index contributed by atoms with van der Waals surface area (Å²) in [5.74, 6) is -0.873. The summed E-state index contributed by atoms with van der Waals surface area (Å²) in [5, 5.41) is 6.71. The first-order chi connectivity index (χ1) is 14.8. The van der Waals surface area contributed by atoms with Crippen molar-refractivity contribution in [2.24, 2.45) is 0 Å². The number of benzene rings is 2. The fraction of sp³-hybridized carbons (Fsp3) is 0.238. The molecule has 3 amide bonds. The molecule has 2 N–H and O–H groups in total. The summed E-state index contributed by atoms with van der Waals surface area (Å²) in [6.45, 7) is 1.96. The van der Waals surface area contributed by atoms with E-state index in [2.05, 4.69) is 10.6 Å². The van der Waals surface area contributed by atoms with Crippen LogP contribution in [0.5, 0.6) is 0 Å². The number of rotatable bonds is 7. The molecular formula is C21H20Cl2N4O3S. The summed E-state index contributed by atoms with van der Waals surface area (Å²) in [4.78, 5) is 40.2. The van der Waals surface area contributed by atoms with Gasteiger partial charge in [-0.25, -0.2) is 0 Å². The Balaban J connectivity index is 1.80. The molecule has 0 unspecified atom stereocenters. The zero-order valence-electron chi connectivity index (χ0n) is 16.6. The van der Waals surface area contributed by atoms with Crippen LogP contribution in [0.25, 0.3) is 0 Å². The molecule has 1 heterocycles. The number of anilines is 2. The molecule has 2 aromatic rings. The zero-order chi connectivity index (χ0) is 22.5. The lowest BCUT2D eigenvalue weighted by molar-refractivity contribution is -0.124. The number of halogens is 2. The molecule has 0 bridgehead atoms. The molecule has 1 aliphatic rings. The Morgan fingerprint density at radius 1 is 1.10 bits per heavy atom. The van der Waals surface area contributed by atoms with Gasteiger partial charge in [0, 0.05) is 35.7 Å². The molecule has 1 saturated heterocycles. The van der Waals surface area contributed by atoms with E-state index in [1.807, 2.05) is 0 Å². The Bertz CT molecular complexity index is 1020. The molecule has 0 aromatic heterocycles. The minimum atomic E-state index is -0.812. The lowest BCUT2D eigenvalue weighted by Gasteiger charge is -2.24. The number of amides is 3. The third-order valence-electron chi connectivity index (χ3n) is 4.62. The maximum Gasteiger partial charge on any atom is 0.256 e. The Morgan fingerprint density at radius 2 is 1.81 bits per heavy atom. The molecule has 10 heteroatoms. The lowest BCUT2D eigenvalue weighted by atomic mass is 10.1. The van der Waals surface area contributed by atoms with Crippen LogP contribution in [0.1, 0.15) is 13.3 Å². The number of carbonyl (C=O) groups is 3. The molecule has 0 radical (unpaired) electrons. The van der Waals surface area contributed by atoms with Gasteiger partial charge in [-0.1, -0.05) is 29.3 Å². The standard InChI is InChI=1S/C21H20Cl2N4O3S/c1-13(28)24-9-10-26-18(12-19(29)25-16-7-5-14(22)6-8-16)20(30)27(21(26)31)17-4-2-3-15(23)11-17/h2-8,11,18H,9-10,12H2,1H3,(H,24,28)(H,25,29)/t18-/m1/s1. The van der Waals surface area contributed by atoms with Crippen LogP contribution in [0.3, 0.4) is 0 Å². The van der Waals surface area contributed by atoms with Gasteiger partial charge in [-0.15, -0.1) is 0 Å². The third-order valence-corrected chi connectivity index (χ3v) is 5.52. The zero-order valence-corrected chi connectivity index (χ0v) is 18.9. The van der Waals surface area contributed by atoms with E-state index in [9.17, 15) is 14.4 Å². The van der Waals surface area contributed by atoms with Gasteiger partial charge in [-0.05, 0) is 54.7 Å². The van der Waals surface area contributed by atoms with E-state index in [1.54, 1.807) is 53.4 Å². The quantitative estimate of drug-likeness (QED) is 0.595. The molecular weight excluding hydrogens is 459 g/mol. The van der Waals surface area contributed by atoms with Crippen LogP contribution in [-0.2, 0) is 14.4 Å². The first-order valence-electron chi connectivity index (χ1n) is 9.46. The van der Waals surface area contributed by atoms with Gasteiger partial charge in [0.15, 0.2) is 5.11 Å². The van der Waals surface area contributed by atoms with Crippen LogP contribution in [-0.4, -0.2) is 46.9 Å². The van der Waals surface area contributed by atoms with Crippen molar-refractivity contribution in [1.29, 1.82) is 0 Å². The van der Waals surface area contributed by atoms with E-state index in [0.29, 0.717) is 21.4 Å². The second-order valence-corrected chi connectivity index (χ2v) is 8.13. The van der Waals surface area contributed by atoms with Crippen LogP contribution in [0.2, 0.25) is 10.0 Å². The highest BCUT2D eigenvalue weighted by molar-refractivity contribution is 7.80. The molecule has 0 aliphatic carbocycles. The highest BCUT2D eigenvalue weighted by Crippen LogP contribution is 2.29. The first kappa shape index (κ1) is 23.0. The van der Waals surface area contributed by atoms with Crippen molar-refractivity contribution in [2.45, 2.75) is 19.4 Å². The highest BCUT2D eigenvalue weighted by Gasteiger charge is 2.43. The van der Waals surface area contributed by atoms with E-state index >= 15 is 0 Å². The second-order valence-electron chi connectivity index (χ2n) is 6.89. The van der Waals surface area contributed by atoms with Gasteiger partial charge in [-0.2, -0.15) is 0 Å². The summed E-state index contributed by atoms with van der Waals surface area (Å²) in [6, 6.07) is 12.6. The third kappa shape index (κ3) is 5.72. The topological polar surface area (TPSA) is 81.8 Å². The molecule has 0 saturated carbocycles. The van der Waals surface area contributed by atoms with Crippen molar-refractivity contribution in [2.75, 3.05) is 23.3 Å². The first-order valence-corrected chi connectivity index (χ1v) is 10.6. The molecule has 162 valence electrons. The molecule has 0 spiro atoms. The van der Waals surface area contributed by atoms with Gasteiger partial charge in [0.25, 0.3) is 5.91 Å².